The van der Waals surface area contributed by atoms with Crippen molar-refractivity contribution in [3.63, 3.8) is 0 Å². The number of benzene rings is 1. The fourth-order valence-electron chi connectivity index (χ4n) is 5.33. The first-order valence-electron chi connectivity index (χ1n) is 14.6. The molecular weight excluding hydrogens is 696 g/mol. The smallest absolute Gasteiger partial charge is 0.303 e. The Bertz CT molecular complexity index is 1860. The van der Waals surface area contributed by atoms with Crippen LogP contribution in [0.5, 0.6) is 0 Å². The van der Waals surface area contributed by atoms with E-state index in [0.29, 0.717) is 5.69 Å². The second kappa shape index (κ2) is 14.8. The van der Waals surface area contributed by atoms with Crippen LogP contribution in [0.4, 0.5) is 0 Å². The fourth-order valence-corrected chi connectivity index (χ4v) is 5.69. The number of aromatic nitrogens is 4. The second-order valence-corrected chi connectivity index (χ2v) is 11.7. The van der Waals surface area contributed by atoms with Crippen molar-refractivity contribution in [3.8, 4) is 0 Å². The third-order valence-corrected chi connectivity index (χ3v) is 7.66. The summed E-state index contributed by atoms with van der Waals surface area (Å²) in [6.07, 6.45) is 1.60. The number of ketones is 1. The van der Waals surface area contributed by atoms with Crippen molar-refractivity contribution in [2.45, 2.75) is 64.9 Å². The van der Waals surface area contributed by atoms with E-state index >= 15 is 0 Å². The number of fused-ring (bicyclic) bond motifs is 1. The van der Waals surface area contributed by atoms with Crippen LogP contribution < -0.4 is 0 Å². The zero-order valence-electron chi connectivity index (χ0n) is 26.2. The van der Waals surface area contributed by atoms with Gasteiger partial charge in [-0.05, 0) is 42.5 Å². The van der Waals surface area contributed by atoms with Gasteiger partial charge in [0.2, 0.25) is 5.78 Å². The molecule has 0 aliphatic carbocycles. The fraction of sp³-hybridized carbons (Fsp3) is 0.344. The van der Waals surface area contributed by atoms with E-state index in [9.17, 15) is 24.0 Å². The highest BCUT2D eigenvalue weighted by Gasteiger charge is 2.53. The van der Waals surface area contributed by atoms with E-state index in [1.807, 2.05) is 29.0 Å². The summed E-state index contributed by atoms with van der Waals surface area (Å²) in [6, 6.07) is 8.95. The molecule has 15 nitrogen and oxygen atoms in total. The Kier molecular flexibility index (Phi) is 10.5. The van der Waals surface area contributed by atoms with Gasteiger partial charge >= 0.3 is 23.9 Å². The maximum Gasteiger partial charge on any atom is 0.303 e. The molecule has 4 aromatic rings. The first-order chi connectivity index (χ1) is 22.9. The van der Waals surface area contributed by atoms with E-state index in [1.54, 1.807) is 24.4 Å². The number of rotatable bonds is 11. The number of ether oxygens (including phenoxy) is 5. The van der Waals surface area contributed by atoms with Crippen LogP contribution in [0.1, 0.15) is 55.7 Å². The Hall–Kier alpha value is -5.09. The van der Waals surface area contributed by atoms with E-state index in [0.717, 1.165) is 41.7 Å². The third-order valence-electron chi connectivity index (χ3n) is 7.17. The van der Waals surface area contributed by atoms with Gasteiger partial charge in [-0.25, -0.2) is 4.68 Å². The minimum absolute atomic E-state index is 0.218. The minimum Gasteiger partial charge on any atom is -0.463 e. The number of carbonyl (C=O) groups is 5. The average Bonchev–Trinajstić information content (AvgIpc) is 3.78. The molecule has 252 valence electrons. The van der Waals surface area contributed by atoms with Crippen molar-refractivity contribution < 1.29 is 52.1 Å². The summed E-state index contributed by atoms with van der Waals surface area (Å²) in [4.78, 5) is 60.6. The predicted octanol–water partition coefficient (Wildman–Crippen LogP) is 3.79. The Labute approximate surface area is 281 Å². The van der Waals surface area contributed by atoms with Crippen LogP contribution in [0, 0.1) is 0 Å². The normalized spacial score (nSPS) is 20.8. The van der Waals surface area contributed by atoms with Crippen molar-refractivity contribution in [1.29, 1.82) is 0 Å². The molecule has 1 aliphatic rings. The average molecular weight is 728 g/mol. The molecule has 0 amide bonds. The first-order valence-corrected chi connectivity index (χ1v) is 15.4. The molecule has 0 radical (unpaired) electrons. The number of allylic oxidation sites excluding steroid dienone is 1. The molecule has 0 bridgehead atoms. The van der Waals surface area contributed by atoms with Crippen LogP contribution >= 0.6 is 15.9 Å². The maximum absolute atomic E-state index is 12.5. The zero-order chi connectivity index (χ0) is 34.5. The molecular formula is C32H31BrN4O11. The standard InChI is InChI=1S/C32H31BrN4O11/c1-17(38)44-16-28-29(45-18(2)39)30(46-19(3)40)31(47-20(4)41)32(48-28)37-15-23(34-35-37)14-36-13-21(24-12-22(33)8-9-25(24)36)7-10-26(42)27-6-5-11-43-27/h5-13,15,28-32H,14,16H2,1-4H3/b10-7+/t28-,29-,30+,31-,32-/m1/s1. The summed E-state index contributed by atoms with van der Waals surface area (Å²) in [6.45, 7) is 4.49. The molecule has 16 heteroatoms. The second-order valence-electron chi connectivity index (χ2n) is 10.8. The lowest BCUT2D eigenvalue weighted by Crippen LogP contribution is -2.60. The highest BCUT2D eigenvalue weighted by molar-refractivity contribution is 9.10. The summed E-state index contributed by atoms with van der Waals surface area (Å²) in [5.74, 6) is -2.92. The SMILES string of the molecule is CC(=O)OC[C@H]1O[C@@H](n2cc(Cn3cc(/C=C/C(=O)c4ccco4)c4cc(Br)ccc43)nn2)[C@H](OC(C)=O)[C@@H](OC(C)=O)[C@@H]1OC(C)=O. The van der Waals surface area contributed by atoms with Crippen molar-refractivity contribution in [3.05, 3.63) is 76.6 Å². The molecule has 1 aromatic carbocycles. The molecule has 0 spiro atoms. The van der Waals surface area contributed by atoms with Gasteiger partial charge in [-0.15, -0.1) is 5.10 Å². The monoisotopic (exact) mass is 726 g/mol. The van der Waals surface area contributed by atoms with Crippen LogP contribution in [0.2, 0.25) is 0 Å². The Morgan fingerprint density at radius 1 is 0.917 bits per heavy atom. The van der Waals surface area contributed by atoms with E-state index < -0.39 is 54.5 Å². The molecule has 1 saturated heterocycles. The van der Waals surface area contributed by atoms with Crippen LogP contribution in [0.25, 0.3) is 17.0 Å². The molecule has 0 unspecified atom stereocenters. The predicted molar refractivity (Wildman–Crippen MR) is 168 cm³/mol. The van der Waals surface area contributed by atoms with E-state index in [1.165, 1.54) is 23.9 Å². The lowest BCUT2D eigenvalue weighted by molar-refractivity contribution is -0.270. The van der Waals surface area contributed by atoms with Crippen molar-refractivity contribution in [2.24, 2.45) is 0 Å². The van der Waals surface area contributed by atoms with E-state index in [-0.39, 0.29) is 24.7 Å². The van der Waals surface area contributed by atoms with Crippen molar-refractivity contribution in [1.82, 2.24) is 19.6 Å². The van der Waals surface area contributed by atoms with Crippen LogP contribution in [-0.2, 0) is 49.4 Å². The molecule has 48 heavy (non-hydrogen) atoms. The van der Waals surface area contributed by atoms with Gasteiger partial charge in [-0.2, -0.15) is 0 Å². The number of carbonyl (C=O) groups excluding carboxylic acids is 5. The minimum atomic E-state index is -1.35. The topological polar surface area (TPSA) is 180 Å². The molecule has 4 heterocycles. The number of hydrogen-bond acceptors (Lipinski definition) is 13. The Morgan fingerprint density at radius 3 is 2.29 bits per heavy atom. The number of halogens is 1. The Morgan fingerprint density at radius 2 is 1.62 bits per heavy atom. The number of hydrogen-bond donors (Lipinski definition) is 0. The molecule has 1 fully saturated rings. The molecule has 3 aromatic heterocycles. The van der Waals surface area contributed by atoms with Crippen LogP contribution in [0.15, 0.2) is 64.0 Å². The maximum atomic E-state index is 12.5. The highest BCUT2D eigenvalue weighted by atomic mass is 79.9. The number of esters is 4. The number of furan rings is 1. The molecule has 0 N–H and O–H groups in total. The third kappa shape index (κ3) is 8.06. The highest BCUT2D eigenvalue weighted by Crippen LogP contribution is 2.35. The van der Waals surface area contributed by atoms with Gasteiger partial charge in [0, 0.05) is 54.8 Å². The molecule has 5 atom stereocenters. The van der Waals surface area contributed by atoms with Gasteiger partial charge in [0.25, 0.3) is 0 Å². The summed E-state index contributed by atoms with van der Waals surface area (Å²) in [5, 5.41) is 9.37. The van der Waals surface area contributed by atoms with Crippen molar-refractivity contribution >= 4 is 62.6 Å². The van der Waals surface area contributed by atoms with E-state index in [4.69, 9.17) is 28.1 Å². The molecule has 1 aliphatic heterocycles. The summed E-state index contributed by atoms with van der Waals surface area (Å²) >= 11 is 3.51. The summed E-state index contributed by atoms with van der Waals surface area (Å²) in [7, 11) is 0. The van der Waals surface area contributed by atoms with Crippen LogP contribution in [-0.4, -0.2) is 80.2 Å². The number of nitrogens with zero attached hydrogens (tertiary/aromatic N) is 4. The lowest BCUT2D eigenvalue weighted by atomic mass is 9.97. The van der Waals surface area contributed by atoms with E-state index in [2.05, 4.69) is 26.2 Å². The van der Waals surface area contributed by atoms with Gasteiger partial charge in [0.15, 0.2) is 30.3 Å². The van der Waals surface area contributed by atoms with Gasteiger partial charge in [0.1, 0.15) is 18.4 Å². The van der Waals surface area contributed by atoms with Gasteiger partial charge < -0.3 is 32.7 Å². The van der Waals surface area contributed by atoms with Gasteiger partial charge in [-0.1, -0.05) is 21.1 Å². The first kappa shape index (κ1) is 34.3. The zero-order valence-corrected chi connectivity index (χ0v) is 27.8. The van der Waals surface area contributed by atoms with Gasteiger partial charge in [-0.3, -0.25) is 24.0 Å². The largest absolute Gasteiger partial charge is 0.463 e. The summed E-state index contributed by atoms with van der Waals surface area (Å²) in [5.41, 5.74) is 2.06. The quantitative estimate of drug-likeness (QED) is 0.0944. The lowest BCUT2D eigenvalue weighted by Gasteiger charge is -2.44. The summed E-state index contributed by atoms with van der Waals surface area (Å²) < 4.78 is 37.1. The van der Waals surface area contributed by atoms with Crippen molar-refractivity contribution in [2.75, 3.05) is 6.61 Å². The molecule has 5 rings (SSSR count). The Balaban J connectivity index is 1.47. The molecule has 0 saturated carbocycles. The van der Waals surface area contributed by atoms with Crippen LogP contribution in [0.3, 0.4) is 0 Å². The van der Waals surface area contributed by atoms with Gasteiger partial charge in [0.05, 0.1) is 19.0 Å².